The number of nitrogens with one attached hydrogen (secondary N) is 1. The van der Waals surface area contributed by atoms with Crippen LogP contribution in [0.15, 0.2) is 12.4 Å². The fraction of sp³-hybridized carbons (Fsp3) is 0.667. The molecule has 0 aromatic carbocycles. The number of hydrogen-bond donors (Lipinski definition) is 2. The summed E-state index contributed by atoms with van der Waals surface area (Å²) in [6.07, 6.45) is 6.13. The molecule has 1 heterocycles. The Balaban J connectivity index is 1.94. The topological polar surface area (TPSA) is 61.3 Å². The zero-order valence-electron chi connectivity index (χ0n) is 10.3. The lowest BCUT2D eigenvalue weighted by molar-refractivity contribution is 0.290. The average Bonchev–Trinajstić information content (AvgIpc) is 2.31. The molecule has 1 aliphatic rings. The highest BCUT2D eigenvalue weighted by molar-refractivity contribution is 5.48. The molecular weight excluding hydrogens is 216 g/mol. The molecule has 94 valence electrons. The van der Waals surface area contributed by atoms with Gasteiger partial charge in [-0.15, -0.1) is 0 Å². The van der Waals surface area contributed by atoms with Crippen LogP contribution in [0.3, 0.4) is 0 Å². The Labute approximate surface area is 102 Å². The highest BCUT2D eigenvalue weighted by Crippen LogP contribution is 2.23. The standard InChI is InChI=1S/C12H20N4O/c1-16(6-3-7-17)12-8-11(13-9-14-12)15-10-4-2-5-10/h8-10,17H,2-7H2,1H3,(H,13,14,15). The molecule has 5 nitrogen and oxygen atoms in total. The summed E-state index contributed by atoms with van der Waals surface area (Å²) in [5.74, 6) is 1.80. The molecule has 1 fully saturated rings. The van der Waals surface area contributed by atoms with E-state index in [-0.39, 0.29) is 6.61 Å². The number of hydrogen-bond acceptors (Lipinski definition) is 5. The number of aliphatic hydroxyl groups excluding tert-OH is 1. The van der Waals surface area contributed by atoms with Gasteiger partial charge in [-0.1, -0.05) is 0 Å². The van der Waals surface area contributed by atoms with Crippen LogP contribution >= 0.6 is 0 Å². The summed E-state index contributed by atoms with van der Waals surface area (Å²) in [4.78, 5) is 10.5. The van der Waals surface area contributed by atoms with Crippen LogP contribution < -0.4 is 10.2 Å². The minimum absolute atomic E-state index is 0.211. The van der Waals surface area contributed by atoms with Gasteiger partial charge < -0.3 is 15.3 Å². The summed E-state index contributed by atoms with van der Waals surface area (Å²) in [6, 6.07) is 2.55. The van der Waals surface area contributed by atoms with Gasteiger partial charge in [0.15, 0.2) is 0 Å². The molecule has 1 aromatic heterocycles. The third-order valence-electron chi connectivity index (χ3n) is 3.15. The molecule has 1 aliphatic carbocycles. The van der Waals surface area contributed by atoms with E-state index in [2.05, 4.69) is 15.3 Å². The first-order valence-electron chi connectivity index (χ1n) is 6.20. The van der Waals surface area contributed by atoms with Crippen LogP contribution in [0, 0.1) is 0 Å². The largest absolute Gasteiger partial charge is 0.396 e. The second-order valence-electron chi connectivity index (χ2n) is 4.53. The van der Waals surface area contributed by atoms with Crippen molar-refractivity contribution in [1.29, 1.82) is 0 Å². The lowest BCUT2D eigenvalue weighted by Gasteiger charge is -2.27. The number of rotatable bonds is 6. The summed E-state index contributed by atoms with van der Waals surface area (Å²) in [7, 11) is 1.98. The molecule has 0 bridgehead atoms. The Kier molecular flexibility index (Phi) is 4.14. The second kappa shape index (κ2) is 5.82. The molecule has 0 saturated heterocycles. The van der Waals surface area contributed by atoms with E-state index in [4.69, 9.17) is 5.11 Å². The fourth-order valence-electron chi connectivity index (χ4n) is 1.82. The number of anilines is 2. The van der Waals surface area contributed by atoms with Crippen LogP contribution in [0.1, 0.15) is 25.7 Å². The van der Waals surface area contributed by atoms with E-state index in [1.165, 1.54) is 19.3 Å². The summed E-state index contributed by atoms with van der Waals surface area (Å²) in [5.41, 5.74) is 0. The third kappa shape index (κ3) is 3.30. The van der Waals surface area contributed by atoms with Crippen molar-refractivity contribution >= 4 is 11.6 Å². The van der Waals surface area contributed by atoms with Gasteiger partial charge in [0.25, 0.3) is 0 Å². The quantitative estimate of drug-likeness (QED) is 0.778. The Hall–Kier alpha value is -1.36. The Bertz CT molecular complexity index is 354. The van der Waals surface area contributed by atoms with Crippen LogP contribution in [0.5, 0.6) is 0 Å². The van der Waals surface area contributed by atoms with Gasteiger partial charge in [-0.05, 0) is 25.7 Å². The molecule has 0 atom stereocenters. The van der Waals surface area contributed by atoms with Gasteiger partial charge in [-0.25, -0.2) is 9.97 Å². The summed E-state index contributed by atoms with van der Waals surface area (Å²) in [5, 5.41) is 12.2. The monoisotopic (exact) mass is 236 g/mol. The predicted octanol–water partition coefficient (Wildman–Crippen LogP) is 1.26. The van der Waals surface area contributed by atoms with E-state index in [0.717, 1.165) is 24.6 Å². The zero-order valence-corrected chi connectivity index (χ0v) is 10.3. The molecule has 17 heavy (non-hydrogen) atoms. The van der Waals surface area contributed by atoms with Gasteiger partial charge in [0.1, 0.15) is 18.0 Å². The van der Waals surface area contributed by atoms with Gasteiger partial charge in [-0.2, -0.15) is 0 Å². The molecule has 0 spiro atoms. The molecule has 1 aromatic rings. The minimum Gasteiger partial charge on any atom is -0.396 e. The average molecular weight is 236 g/mol. The molecule has 0 radical (unpaired) electrons. The minimum atomic E-state index is 0.211. The van der Waals surface area contributed by atoms with Crippen molar-refractivity contribution in [3.63, 3.8) is 0 Å². The van der Waals surface area contributed by atoms with Crippen molar-refractivity contribution in [2.75, 3.05) is 30.4 Å². The molecule has 2 N–H and O–H groups in total. The van der Waals surface area contributed by atoms with E-state index in [1.54, 1.807) is 6.33 Å². The van der Waals surface area contributed by atoms with Crippen LogP contribution in [-0.2, 0) is 0 Å². The first-order valence-corrected chi connectivity index (χ1v) is 6.20. The van der Waals surface area contributed by atoms with Gasteiger partial charge in [0.05, 0.1) is 0 Å². The van der Waals surface area contributed by atoms with Crippen molar-refractivity contribution in [3.8, 4) is 0 Å². The van der Waals surface area contributed by atoms with Crippen LogP contribution in [0.4, 0.5) is 11.6 Å². The van der Waals surface area contributed by atoms with Crippen LogP contribution in [0.2, 0.25) is 0 Å². The Morgan fingerprint density at radius 2 is 2.29 bits per heavy atom. The Morgan fingerprint density at radius 1 is 1.47 bits per heavy atom. The maximum absolute atomic E-state index is 8.80. The van der Waals surface area contributed by atoms with Crippen LogP contribution in [-0.4, -0.2) is 41.3 Å². The number of aromatic nitrogens is 2. The van der Waals surface area contributed by atoms with Crippen molar-refractivity contribution in [1.82, 2.24) is 9.97 Å². The number of nitrogens with zero attached hydrogens (tertiary/aromatic N) is 3. The third-order valence-corrected chi connectivity index (χ3v) is 3.15. The molecule has 0 aliphatic heterocycles. The van der Waals surface area contributed by atoms with E-state index in [9.17, 15) is 0 Å². The van der Waals surface area contributed by atoms with Crippen molar-refractivity contribution in [2.45, 2.75) is 31.7 Å². The summed E-state index contributed by atoms with van der Waals surface area (Å²) < 4.78 is 0. The predicted molar refractivity (Wildman–Crippen MR) is 68.3 cm³/mol. The second-order valence-corrected chi connectivity index (χ2v) is 4.53. The van der Waals surface area contributed by atoms with Gasteiger partial charge in [0.2, 0.25) is 0 Å². The molecule has 1 saturated carbocycles. The zero-order chi connectivity index (χ0) is 12.1. The van der Waals surface area contributed by atoms with E-state index < -0.39 is 0 Å². The fourth-order valence-corrected chi connectivity index (χ4v) is 1.82. The lowest BCUT2D eigenvalue weighted by Crippen LogP contribution is -2.28. The first kappa shape index (κ1) is 12.1. The summed E-state index contributed by atoms with van der Waals surface area (Å²) >= 11 is 0. The SMILES string of the molecule is CN(CCCO)c1cc(NC2CCC2)ncn1. The summed E-state index contributed by atoms with van der Waals surface area (Å²) in [6.45, 7) is 1.01. The van der Waals surface area contributed by atoms with Crippen LogP contribution in [0.25, 0.3) is 0 Å². The number of aliphatic hydroxyl groups is 1. The molecular formula is C12H20N4O. The first-order chi connectivity index (χ1) is 8.29. The van der Waals surface area contributed by atoms with Gasteiger partial charge in [0, 0.05) is 32.3 Å². The van der Waals surface area contributed by atoms with E-state index in [1.807, 2.05) is 18.0 Å². The van der Waals surface area contributed by atoms with E-state index in [0.29, 0.717) is 6.04 Å². The van der Waals surface area contributed by atoms with Gasteiger partial charge in [-0.3, -0.25) is 0 Å². The van der Waals surface area contributed by atoms with Crippen molar-refractivity contribution in [3.05, 3.63) is 12.4 Å². The van der Waals surface area contributed by atoms with Crippen molar-refractivity contribution in [2.24, 2.45) is 0 Å². The maximum atomic E-state index is 8.80. The smallest absolute Gasteiger partial charge is 0.133 e. The van der Waals surface area contributed by atoms with E-state index >= 15 is 0 Å². The maximum Gasteiger partial charge on any atom is 0.133 e. The molecule has 2 rings (SSSR count). The molecule has 5 heteroatoms. The normalized spacial score (nSPS) is 15.4. The highest BCUT2D eigenvalue weighted by Gasteiger charge is 2.17. The molecule has 0 amide bonds. The lowest BCUT2D eigenvalue weighted by atomic mass is 9.93. The molecule has 0 unspecified atom stereocenters. The van der Waals surface area contributed by atoms with Gasteiger partial charge >= 0.3 is 0 Å². The highest BCUT2D eigenvalue weighted by atomic mass is 16.3. The van der Waals surface area contributed by atoms with Crippen molar-refractivity contribution < 1.29 is 5.11 Å². The Morgan fingerprint density at radius 3 is 2.94 bits per heavy atom.